The third kappa shape index (κ3) is 22.7. The molecule has 2 aromatic carbocycles. The van der Waals surface area contributed by atoms with Gasteiger partial charge < -0.3 is 66.3 Å². The average molecular weight is 1220 g/mol. The number of alkyl carbamates (subject to hydrolysis) is 1. The number of benzene rings is 2. The number of hydrogen-bond acceptors (Lipinski definition) is 13. The lowest BCUT2D eigenvalue weighted by molar-refractivity contribution is -0.148. The third-order valence-electron chi connectivity index (χ3n) is 16.4. The summed E-state index contributed by atoms with van der Waals surface area (Å²) in [5, 5.41) is 23.8. The number of carboxylic acid groups (broad SMARTS) is 1. The van der Waals surface area contributed by atoms with Crippen molar-refractivity contribution in [2.75, 3.05) is 59.9 Å². The van der Waals surface area contributed by atoms with Gasteiger partial charge >= 0.3 is 18.1 Å². The first kappa shape index (κ1) is 74.4. The Hall–Kier alpha value is -6.85. The fourth-order valence-electron chi connectivity index (χ4n) is 11.3. The van der Waals surface area contributed by atoms with Gasteiger partial charge in [-0.3, -0.25) is 33.7 Å². The second-order valence-corrected chi connectivity index (χ2v) is 25.3. The van der Waals surface area contributed by atoms with E-state index < -0.39 is 102 Å². The van der Waals surface area contributed by atoms with E-state index in [2.05, 4.69) is 26.6 Å². The van der Waals surface area contributed by atoms with E-state index in [1.54, 1.807) is 102 Å². The number of nitrogens with zero attached hydrogens (tertiary/aromatic N) is 4. The van der Waals surface area contributed by atoms with E-state index in [9.17, 15) is 48.3 Å². The summed E-state index contributed by atoms with van der Waals surface area (Å²) in [6.07, 6.45) is 0.599. The van der Waals surface area contributed by atoms with Crippen LogP contribution in [-0.4, -0.2) is 188 Å². The summed E-state index contributed by atoms with van der Waals surface area (Å²) in [5.41, 5.74) is 6.69. The molecule has 3 rings (SSSR count). The van der Waals surface area contributed by atoms with Gasteiger partial charge in [-0.25, -0.2) is 14.4 Å². The molecule has 1 aliphatic heterocycles. The van der Waals surface area contributed by atoms with Crippen molar-refractivity contribution < 1.29 is 62.5 Å². The van der Waals surface area contributed by atoms with E-state index >= 15 is 0 Å². The van der Waals surface area contributed by atoms with E-state index in [4.69, 9.17) is 19.9 Å². The van der Waals surface area contributed by atoms with E-state index in [0.717, 1.165) is 11.1 Å². The van der Waals surface area contributed by atoms with Crippen LogP contribution in [0.5, 0.6) is 0 Å². The molecule has 23 nitrogen and oxygen atoms in total. The molecule has 11 atom stereocenters. The molecule has 0 unspecified atom stereocenters. The first-order chi connectivity index (χ1) is 40.8. The van der Waals surface area contributed by atoms with Crippen LogP contribution in [0.2, 0.25) is 0 Å². The van der Waals surface area contributed by atoms with Crippen molar-refractivity contribution in [2.45, 2.75) is 195 Å². The number of likely N-dealkylation sites (tertiary alicyclic amines) is 1. The van der Waals surface area contributed by atoms with Crippen LogP contribution >= 0.6 is 0 Å². The number of primary amides is 1. The maximum Gasteiger partial charge on any atom is 0.408 e. The van der Waals surface area contributed by atoms with Crippen molar-refractivity contribution in [2.24, 2.45) is 35.3 Å². The smallest absolute Gasteiger partial charge is 0.408 e. The number of carbonyl (C=O) groups excluding carboxylic acids is 8. The van der Waals surface area contributed by atoms with Gasteiger partial charge in [-0.15, -0.1) is 0 Å². The Labute approximate surface area is 516 Å². The van der Waals surface area contributed by atoms with Gasteiger partial charge in [0.1, 0.15) is 29.8 Å². The molecule has 1 fully saturated rings. The van der Waals surface area contributed by atoms with Crippen LogP contribution in [0.4, 0.5) is 15.3 Å². The minimum atomic E-state index is -1.17. The number of urea groups is 1. The first-order valence-electron chi connectivity index (χ1n) is 30.7. The molecular weight excluding hydrogens is 1120 g/mol. The second-order valence-electron chi connectivity index (χ2n) is 25.3. The van der Waals surface area contributed by atoms with Crippen LogP contribution in [0.3, 0.4) is 0 Å². The summed E-state index contributed by atoms with van der Waals surface area (Å²) in [4.78, 5) is 128. The minimum Gasteiger partial charge on any atom is -0.480 e. The van der Waals surface area contributed by atoms with Crippen LogP contribution in [0, 0.1) is 29.6 Å². The molecule has 2 aromatic rings. The molecule has 488 valence electrons. The van der Waals surface area contributed by atoms with Crippen molar-refractivity contribution in [3.8, 4) is 0 Å². The zero-order valence-electron chi connectivity index (χ0n) is 54.8. The van der Waals surface area contributed by atoms with Crippen molar-refractivity contribution in [3.05, 3.63) is 65.7 Å². The highest BCUT2D eigenvalue weighted by atomic mass is 16.6. The number of ether oxygens (including phenoxy) is 3. The third-order valence-corrected chi connectivity index (χ3v) is 16.4. The number of carbonyl (C=O) groups is 9. The molecule has 1 aliphatic rings. The predicted octanol–water partition coefficient (Wildman–Crippen LogP) is 5.50. The van der Waals surface area contributed by atoms with Crippen molar-refractivity contribution >= 4 is 59.2 Å². The lowest BCUT2D eigenvalue weighted by Gasteiger charge is -2.41. The van der Waals surface area contributed by atoms with Gasteiger partial charge in [0.15, 0.2) is 0 Å². The monoisotopic (exact) mass is 1220 g/mol. The molecule has 0 aliphatic carbocycles. The number of methoxy groups -OCH3 is 2. The maximum absolute atomic E-state index is 14.8. The highest BCUT2D eigenvalue weighted by Crippen LogP contribution is 2.30. The van der Waals surface area contributed by atoms with E-state index in [-0.39, 0.29) is 67.2 Å². The van der Waals surface area contributed by atoms with Gasteiger partial charge in [0.25, 0.3) is 0 Å². The number of anilines is 1. The molecule has 9 amide bonds. The van der Waals surface area contributed by atoms with Crippen LogP contribution in [0.1, 0.15) is 133 Å². The number of amides is 9. The Kier molecular flexibility index (Phi) is 30.1. The summed E-state index contributed by atoms with van der Waals surface area (Å²) < 4.78 is 17.4. The Balaban J connectivity index is 1.75. The number of carboxylic acids is 1. The summed E-state index contributed by atoms with van der Waals surface area (Å²) >= 11 is 0. The molecule has 1 heterocycles. The zero-order chi connectivity index (χ0) is 65.6. The Morgan fingerprint density at radius 3 is 1.87 bits per heavy atom. The molecule has 23 heteroatoms. The lowest BCUT2D eigenvalue weighted by Crippen LogP contribution is -2.60. The van der Waals surface area contributed by atoms with Gasteiger partial charge in [0.05, 0.1) is 42.7 Å². The van der Waals surface area contributed by atoms with Crippen molar-refractivity contribution in [1.82, 2.24) is 41.3 Å². The lowest BCUT2D eigenvalue weighted by atomic mass is 9.89. The number of hydrogen-bond donors (Lipinski definition) is 7. The van der Waals surface area contributed by atoms with E-state index in [1.165, 1.54) is 19.1 Å². The van der Waals surface area contributed by atoms with Gasteiger partial charge in [-0.2, -0.15) is 0 Å². The SMILES string of the molecule is CC[C@H](C)[C@@H]([C@@H](CC(=O)N1CCC[C@H]1[C@H](OC)[C@@H](C)C(=O)N[C@@H](Cc1ccccc1)C(=O)O)OC)N(C)C(=O)[C@@H](NC(=O)[C@H](C(C)C)N(C)CCc1ccc(N(C)C(=O)[C@H](CCCNC(N)=O)NC(=O)[C@@H](NC(=O)OC(C)(C)C)C(C)C)cc1)C(C)C. The molecular formula is C64H104N10O13. The Morgan fingerprint density at radius 2 is 1.34 bits per heavy atom. The number of nitrogens with two attached hydrogens (primary N) is 1. The number of rotatable bonds is 34. The number of aliphatic carboxylic acids is 1. The summed E-state index contributed by atoms with van der Waals surface area (Å²) in [5.74, 6) is -5.36. The standard InChI is InChI=1S/C64H104N10O13/c1-18-41(8)54(49(85-16)37-50(75)74-34-23-27-48(74)55(86-17)42(9)56(76)68-47(61(81)82)36-44-24-20-19-21-25-44)73(15)60(80)52(39(4)5)69-58(78)53(40(6)7)71(13)35-32-43-28-30-45(31-29-43)72(14)59(79)46(26-22-33-66-62(65)83)67-57(77)51(38(2)3)70-63(84)87-64(10,11)12/h19-21,24-25,28-31,38-42,46-49,51-55H,18,22-23,26-27,32-37H2,1-17H3,(H,67,77)(H,68,76)(H,69,78)(H,70,84)(H,81,82)(H3,65,66,83)/t41-,42+,46-,47-,48-,49+,51-,52-,53-,54-,55+/m0/s1. The van der Waals surface area contributed by atoms with Gasteiger partial charge in [0, 0.05) is 60.1 Å². The summed E-state index contributed by atoms with van der Waals surface area (Å²) in [6, 6.07) is 9.82. The van der Waals surface area contributed by atoms with Gasteiger partial charge in [-0.1, -0.05) is 111 Å². The van der Waals surface area contributed by atoms with Gasteiger partial charge in [-0.05, 0) is 107 Å². The molecule has 1 saturated heterocycles. The zero-order valence-corrected chi connectivity index (χ0v) is 54.8. The Morgan fingerprint density at radius 1 is 0.736 bits per heavy atom. The Bertz CT molecular complexity index is 2560. The highest BCUT2D eigenvalue weighted by Gasteiger charge is 2.44. The molecule has 0 spiro atoms. The first-order valence-corrected chi connectivity index (χ1v) is 30.7. The number of likely N-dealkylation sites (N-methyl/N-ethyl adjacent to an activating group) is 3. The fourth-order valence-corrected chi connectivity index (χ4v) is 11.3. The van der Waals surface area contributed by atoms with Crippen LogP contribution in [0.15, 0.2) is 54.6 Å². The predicted molar refractivity (Wildman–Crippen MR) is 334 cm³/mol. The highest BCUT2D eigenvalue weighted by molar-refractivity contribution is 6.00. The quantitative estimate of drug-likeness (QED) is 0.0426. The van der Waals surface area contributed by atoms with Crippen molar-refractivity contribution in [3.63, 3.8) is 0 Å². The van der Waals surface area contributed by atoms with Crippen LogP contribution in [-0.2, 0) is 60.6 Å². The molecule has 0 radical (unpaired) electrons. The second kappa shape index (κ2) is 35.2. The van der Waals surface area contributed by atoms with Crippen molar-refractivity contribution in [1.29, 1.82) is 0 Å². The van der Waals surface area contributed by atoms with Crippen LogP contribution < -0.4 is 37.2 Å². The minimum absolute atomic E-state index is 0.0821. The van der Waals surface area contributed by atoms with E-state index in [0.29, 0.717) is 50.9 Å². The molecule has 0 aromatic heterocycles. The summed E-state index contributed by atoms with van der Waals surface area (Å²) in [6.45, 7) is 23.0. The maximum atomic E-state index is 14.8. The summed E-state index contributed by atoms with van der Waals surface area (Å²) in [7, 11) is 8.13. The molecule has 0 bridgehead atoms. The largest absolute Gasteiger partial charge is 0.480 e. The number of nitrogens with one attached hydrogen (secondary N) is 5. The molecule has 87 heavy (non-hydrogen) atoms. The topological polar surface area (TPSA) is 301 Å². The molecule has 0 saturated carbocycles. The normalized spacial score (nSPS) is 17.0. The molecule has 8 N–H and O–H groups in total. The van der Waals surface area contributed by atoms with Crippen LogP contribution in [0.25, 0.3) is 0 Å². The van der Waals surface area contributed by atoms with Gasteiger partial charge in [0.2, 0.25) is 35.4 Å². The van der Waals surface area contributed by atoms with E-state index in [1.807, 2.05) is 71.7 Å². The fraction of sp³-hybridized carbons (Fsp3) is 0.672. The average Bonchev–Trinajstić information content (AvgIpc) is 2.34.